The van der Waals surface area contributed by atoms with Crippen LogP contribution < -0.4 is 15.0 Å². The van der Waals surface area contributed by atoms with Crippen LogP contribution in [0.25, 0.3) is 22.3 Å². The molecule has 4 aromatic rings. The molecule has 0 aliphatic carbocycles. The van der Waals surface area contributed by atoms with E-state index < -0.39 is 5.54 Å². The summed E-state index contributed by atoms with van der Waals surface area (Å²) in [6.45, 7) is 1.49. The molecule has 0 radical (unpaired) electrons. The summed E-state index contributed by atoms with van der Waals surface area (Å²) in [5.41, 5.74) is 4.95. The van der Waals surface area contributed by atoms with Gasteiger partial charge in [0.1, 0.15) is 11.3 Å². The predicted octanol–water partition coefficient (Wildman–Crippen LogP) is 4.31. The largest absolute Gasteiger partial charge is 0.497 e. The first kappa shape index (κ1) is 26.8. The Balaban J connectivity index is 1.26. The highest BCUT2D eigenvalue weighted by atomic mass is 35.5. The molecule has 2 aromatic carbocycles. The van der Waals surface area contributed by atoms with Crippen LogP contribution in [-0.4, -0.2) is 63.8 Å². The Hall–Kier alpha value is -4.37. The van der Waals surface area contributed by atoms with Crippen LogP contribution in [0, 0.1) is 0 Å². The lowest BCUT2D eigenvalue weighted by atomic mass is 9.82. The van der Waals surface area contributed by atoms with E-state index in [0.717, 1.165) is 39.3 Å². The van der Waals surface area contributed by atoms with E-state index in [0.29, 0.717) is 37.5 Å². The number of ether oxygens (including phenoxy) is 1. The van der Waals surface area contributed by atoms with Crippen LogP contribution in [0.4, 0.5) is 5.69 Å². The van der Waals surface area contributed by atoms with Crippen molar-refractivity contribution in [3.05, 3.63) is 83.9 Å². The number of hydrogen-bond acceptors (Lipinski definition) is 6. The molecule has 2 aliphatic heterocycles. The van der Waals surface area contributed by atoms with Gasteiger partial charge in [-0.05, 0) is 41.7 Å². The Kier molecular flexibility index (Phi) is 7.13. The number of amides is 2. The predicted molar refractivity (Wildman–Crippen MR) is 158 cm³/mol. The van der Waals surface area contributed by atoms with E-state index in [1.54, 1.807) is 22.9 Å². The number of halogens is 1. The van der Waals surface area contributed by atoms with E-state index in [-0.39, 0.29) is 18.4 Å². The van der Waals surface area contributed by atoms with Gasteiger partial charge < -0.3 is 19.9 Å². The van der Waals surface area contributed by atoms with Gasteiger partial charge in [0.25, 0.3) is 0 Å². The van der Waals surface area contributed by atoms with E-state index in [2.05, 4.69) is 44.6 Å². The number of carbonyl (C=O) groups is 2. The molecule has 2 fully saturated rings. The number of methoxy groups -OCH3 is 1. The monoisotopic (exact) mass is 570 g/mol. The summed E-state index contributed by atoms with van der Waals surface area (Å²) >= 11 is 6.76. The number of anilines is 1. The maximum Gasteiger partial charge on any atom is 0.246 e. The van der Waals surface area contributed by atoms with E-state index >= 15 is 0 Å². The van der Waals surface area contributed by atoms with Crippen molar-refractivity contribution in [2.24, 2.45) is 7.05 Å². The smallest absolute Gasteiger partial charge is 0.246 e. The maximum atomic E-state index is 13.4. The van der Waals surface area contributed by atoms with Crippen LogP contribution in [0.1, 0.15) is 18.4 Å². The second-order valence-electron chi connectivity index (χ2n) is 10.5. The molecule has 1 spiro atoms. The highest BCUT2D eigenvalue weighted by Crippen LogP contribution is 2.41. The number of rotatable bonds is 6. The molecule has 2 aliphatic rings. The highest BCUT2D eigenvalue weighted by molar-refractivity contribution is 6.33. The average molecular weight is 571 g/mol. The number of aromatic nitrogens is 3. The van der Waals surface area contributed by atoms with Crippen molar-refractivity contribution in [3.63, 3.8) is 0 Å². The Morgan fingerprint density at radius 2 is 1.66 bits per heavy atom. The fraction of sp³-hybridized carbons (Fsp3) is 0.290. The van der Waals surface area contributed by atoms with Crippen LogP contribution in [0.5, 0.6) is 5.75 Å². The minimum Gasteiger partial charge on any atom is -0.497 e. The number of carbonyl (C=O) groups excluding carboxylic acids is 2. The minimum atomic E-state index is -0.920. The molecule has 4 heterocycles. The quantitative estimate of drug-likeness (QED) is 0.371. The zero-order valence-electron chi connectivity index (χ0n) is 23.0. The number of benzene rings is 2. The van der Waals surface area contributed by atoms with Gasteiger partial charge in [0.05, 0.1) is 30.6 Å². The van der Waals surface area contributed by atoms with Gasteiger partial charge in [-0.3, -0.25) is 19.3 Å². The summed E-state index contributed by atoms with van der Waals surface area (Å²) in [6.07, 6.45) is 8.28. The van der Waals surface area contributed by atoms with Gasteiger partial charge in [0.15, 0.2) is 0 Å². The number of hydrogen-bond donors (Lipinski definition) is 1. The van der Waals surface area contributed by atoms with Crippen LogP contribution in [-0.2, 0) is 23.2 Å². The van der Waals surface area contributed by atoms with E-state index in [9.17, 15) is 9.59 Å². The summed E-state index contributed by atoms with van der Waals surface area (Å²) in [7, 11) is 3.52. The second kappa shape index (κ2) is 10.9. The zero-order valence-corrected chi connectivity index (χ0v) is 23.8. The lowest BCUT2D eigenvalue weighted by molar-refractivity contribution is -0.156. The molecule has 0 unspecified atom stereocenters. The average Bonchev–Trinajstić information content (AvgIpc) is 3.44. The van der Waals surface area contributed by atoms with E-state index in [4.69, 9.17) is 16.3 Å². The van der Waals surface area contributed by atoms with Crippen molar-refractivity contribution in [2.45, 2.75) is 24.9 Å². The summed E-state index contributed by atoms with van der Waals surface area (Å²) in [5, 5.41) is 7.66. The number of pyridine rings is 1. The lowest BCUT2D eigenvalue weighted by Gasteiger charge is -2.50. The number of piperidine rings is 1. The SMILES string of the molecule is COc1ccc(CN2C(=O)CNC(=O)C23CCN(c2c(Cl)cncc2-c2ccc(-c4cnn(C)c4)cc2)CC3)cc1. The molecule has 2 amide bonds. The summed E-state index contributed by atoms with van der Waals surface area (Å²) in [6, 6.07) is 15.9. The van der Waals surface area contributed by atoms with Gasteiger partial charge in [-0.25, -0.2) is 0 Å². The number of nitrogens with one attached hydrogen (secondary N) is 1. The molecule has 0 saturated carbocycles. The molecule has 10 heteroatoms. The van der Waals surface area contributed by atoms with E-state index in [1.165, 1.54) is 0 Å². The molecule has 1 N–H and O–H groups in total. The van der Waals surface area contributed by atoms with Gasteiger partial charge in [0.2, 0.25) is 11.8 Å². The van der Waals surface area contributed by atoms with Crippen molar-refractivity contribution >= 4 is 29.1 Å². The fourth-order valence-corrected chi connectivity index (χ4v) is 6.18. The van der Waals surface area contributed by atoms with Crippen LogP contribution in [0.2, 0.25) is 5.02 Å². The van der Waals surface area contributed by atoms with Crippen molar-refractivity contribution in [2.75, 3.05) is 31.6 Å². The lowest BCUT2D eigenvalue weighted by Crippen LogP contribution is -2.69. The Labute approximate surface area is 243 Å². The van der Waals surface area contributed by atoms with Crippen molar-refractivity contribution < 1.29 is 14.3 Å². The summed E-state index contributed by atoms with van der Waals surface area (Å²) in [4.78, 5) is 34.9. The van der Waals surface area contributed by atoms with Gasteiger partial charge in [-0.15, -0.1) is 0 Å². The normalized spacial score (nSPS) is 16.7. The van der Waals surface area contributed by atoms with Crippen molar-refractivity contribution in [3.8, 4) is 28.0 Å². The first-order chi connectivity index (χ1) is 19.9. The third kappa shape index (κ3) is 5.02. The Morgan fingerprint density at radius 1 is 0.951 bits per heavy atom. The molecule has 9 nitrogen and oxygen atoms in total. The molecule has 6 rings (SSSR count). The maximum absolute atomic E-state index is 13.4. The molecular formula is C31H31ClN6O3. The van der Waals surface area contributed by atoms with Crippen LogP contribution in [0.15, 0.2) is 73.3 Å². The molecule has 2 saturated heterocycles. The minimum absolute atomic E-state index is 0.00974. The molecule has 0 atom stereocenters. The zero-order chi connectivity index (χ0) is 28.6. The first-order valence-corrected chi connectivity index (χ1v) is 14.0. The van der Waals surface area contributed by atoms with Crippen molar-refractivity contribution in [1.29, 1.82) is 0 Å². The molecular weight excluding hydrogens is 540 g/mol. The molecule has 0 bridgehead atoms. The van der Waals surface area contributed by atoms with E-state index in [1.807, 2.05) is 49.9 Å². The van der Waals surface area contributed by atoms with Gasteiger partial charge in [-0.2, -0.15) is 5.10 Å². The highest BCUT2D eigenvalue weighted by Gasteiger charge is 2.51. The summed E-state index contributed by atoms with van der Waals surface area (Å²) in [5.74, 6) is 0.568. The number of nitrogens with zero attached hydrogens (tertiary/aromatic N) is 5. The first-order valence-electron chi connectivity index (χ1n) is 13.6. The Morgan fingerprint density at radius 3 is 2.32 bits per heavy atom. The number of piperazine rings is 1. The Bertz CT molecular complexity index is 1580. The number of aryl methyl sites for hydroxylation is 1. The standard InChI is InChI=1S/C31H31ClN6O3/c1-36-20-24(15-35-36)22-5-7-23(8-6-22)26-16-33-17-27(32)29(26)37-13-11-31(12-14-37)30(40)34-18-28(39)38(31)19-21-3-9-25(41-2)10-4-21/h3-10,15-17,20H,11-14,18-19H2,1-2H3,(H,34,40). The summed E-state index contributed by atoms with van der Waals surface area (Å²) < 4.78 is 7.05. The van der Waals surface area contributed by atoms with Gasteiger partial charge in [-0.1, -0.05) is 48.0 Å². The second-order valence-corrected chi connectivity index (χ2v) is 10.9. The molecule has 41 heavy (non-hydrogen) atoms. The topological polar surface area (TPSA) is 92.6 Å². The van der Waals surface area contributed by atoms with Gasteiger partial charge >= 0.3 is 0 Å². The third-order valence-corrected chi connectivity index (χ3v) is 8.43. The molecule has 2 aromatic heterocycles. The van der Waals surface area contributed by atoms with Crippen molar-refractivity contribution in [1.82, 2.24) is 25.0 Å². The fourth-order valence-electron chi connectivity index (χ4n) is 5.90. The van der Waals surface area contributed by atoms with Gasteiger partial charge in [0, 0.05) is 56.4 Å². The van der Waals surface area contributed by atoms with Crippen LogP contribution in [0.3, 0.4) is 0 Å². The molecule has 210 valence electrons. The third-order valence-electron chi connectivity index (χ3n) is 8.15. The van der Waals surface area contributed by atoms with Crippen LogP contribution >= 0.6 is 11.6 Å².